The first-order valence-electron chi connectivity index (χ1n) is 9.12. The second-order valence-corrected chi connectivity index (χ2v) is 11.0. The highest BCUT2D eigenvalue weighted by molar-refractivity contribution is 7.47. The molecule has 5 unspecified atom stereocenters. The van der Waals surface area contributed by atoms with E-state index in [2.05, 4.69) is 14.3 Å². The minimum absolute atomic E-state index is 0.0467. The molecule has 0 saturated heterocycles. The van der Waals surface area contributed by atoms with Crippen molar-refractivity contribution >= 4 is 31.4 Å². The molecule has 0 aliphatic heterocycles. The normalized spacial score (nSPS) is 18.8. The van der Waals surface area contributed by atoms with Gasteiger partial charge in [-0.15, -0.1) is 4.48 Å². The van der Waals surface area contributed by atoms with Gasteiger partial charge >= 0.3 is 23.5 Å². The molecular weight excluding hydrogens is 487 g/mol. The number of hydrogen-bond acceptors (Lipinski definition) is 9. The molecular formula is C12H31BFN2O12P3. The third-order valence-corrected chi connectivity index (χ3v) is 5.88. The van der Waals surface area contributed by atoms with Gasteiger partial charge in [0.15, 0.2) is 7.98 Å². The SMILES string of the molecule is BNC(C)CC(COP(=O)(O)O)COP(=O)(O)OCC(COP(=O)(O)O)CC(C)NF. The van der Waals surface area contributed by atoms with Gasteiger partial charge in [-0.2, -0.15) is 5.54 Å². The Kier molecular flexibility index (Phi) is 14.6. The van der Waals surface area contributed by atoms with E-state index in [4.69, 9.17) is 28.6 Å². The molecule has 0 rings (SSSR count). The summed E-state index contributed by atoms with van der Waals surface area (Å²) in [5.41, 5.74) is 1.43. The lowest BCUT2D eigenvalue weighted by Gasteiger charge is -2.24. The van der Waals surface area contributed by atoms with Crippen LogP contribution in [0.1, 0.15) is 26.7 Å². The van der Waals surface area contributed by atoms with Gasteiger partial charge in [0.1, 0.15) is 0 Å². The van der Waals surface area contributed by atoms with Crippen molar-refractivity contribution < 1.29 is 60.7 Å². The molecule has 186 valence electrons. The minimum Gasteiger partial charge on any atom is -0.360 e. The van der Waals surface area contributed by atoms with Gasteiger partial charge in [0, 0.05) is 17.9 Å². The number of phosphoric ester groups is 3. The molecule has 0 spiro atoms. The van der Waals surface area contributed by atoms with E-state index in [1.165, 1.54) is 12.5 Å². The Morgan fingerprint density at radius 3 is 1.45 bits per heavy atom. The lowest BCUT2D eigenvalue weighted by Crippen LogP contribution is -2.29. The Bertz CT molecular complexity index is 602. The standard InChI is InChI=1S/C12H31BFN2O12P3/c1-9(15-13)3-11(5-25-29(17,18)19)7-27-31(23,24)28-8-12(4-10(2)16-14)6-26-30(20,21)22/h9-12,15-16H,3-8,13H2,1-2H3,(H,23,24)(H2,17,18,19)(H2,20,21,22). The maximum Gasteiger partial charge on any atom is 0.472 e. The van der Waals surface area contributed by atoms with Crippen LogP contribution in [0.15, 0.2) is 0 Å². The van der Waals surface area contributed by atoms with E-state index in [9.17, 15) is 23.1 Å². The Morgan fingerprint density at radius 2 is 1.13 bits per heavy atom. The van der Waals surface area contributed by atoms with Gasteiger partial charge < -0.3 is 29.7 Å². The van der Waals surface area contributed by atoms with Crippen molar-refractivity contribution in [3.63, 3.8) is 0 Å². The molecule has 0 aliphatic carbocycles. The summed E-state index contributed by atoms with van der Waals surface area (Å²) in [7, 11) is -12.6. The molecule has 0 aliphatic rings. The molecule has 0 saturated carbocycles. The van der Waals surface area contributed by atoms with Crippen molar-refractivity contribution in [3.05, 3.63) is 0 Å². The summed E-state index contributed by atoms with van der Waals surface area (Å²) in [4.78, 5) is 45.1. The molecule has 19 heteroatoms. The fraction of sp³-hybridized carbons (Fsp3) is 1.00. The molecule has 0 aromatic carbocycles. The van der Waals surface area contributed by atoms with Crippen molar-refractivity contribution in [2.75, 3.05) is 26.4 Å². The molecule has 0 heterocycles. The fourth-order valence-electron chi connectivity index (χ4n) is 2.37. The van der Waals surface area contributed by atoms with E-state index in [-0.39, 0.29) is 18.9 Å². The number of rotatable bonds is 18. The lowest BCUT2D eigenvalue weighted by molar-refractivity contribution is 0.0744. The predicted molar refractivity (Wildman–Crippen MR) is 109 cm³/mol. The summed E-state index contributed by atoms with van der Waals surface area (Å²) in [5, 5.41) is 2.90. The molecule has 0 bridgehead atoms. The minimum atomic E-state index is -4.82. The van der Waals surface area contributed by atoms with Gasteiger partial charge in [0.25, 0.3) is 0 Å². The second-order valence-electron chi connectivity index (χ2n) is 7.04. The number of phosphoric acid groups is 3. The zero-order chi connectivity index (χ0) is 24.3. The number of halogens is 1. The summed E-state index contributed by atoms with van der Waals surface area (Å²) < 4.78 is 64.9. The average molecular weight is 518 g/mol. The Balaban J connectivity index is 4.88. The Labute approximate surface area is 180 Å². The van der Waals surface area contributed by atoms with Gasteiger partial charge in [0.05, 0.1) is 26.4 Å². The summed E-state index contributed by atoms with van der Waals surface area (Å²) in [6.45, 7) is 1.19. The third kappa shape index (κ3) is 18.4. The number of nitrogens with one attached hydrogen (secondary N) is 2. The lowest BCUT2D eigenvalue weighted by atomic mass is 10.0. The maximum absolute atomic E-state index is 12.5. The van der Waals surface area contributed by atoms with Crippen LogP contribution >= 0.6 is 23.5 Å². The van der Waals surface area contributed by atoms with Crippen LogP contribution in [0.3, 0.4) is 0 Å². The van der Waals surface area contributed by atoms with Crippen LogP contribution in [-0.4, -0.2) is 71.0 Å². The van der Waals surface area contributed by atoms with Gasteiger partial charge in [-0.1, -0.05) is 6.92 Å². The molecule has 5 atom stereocenters. The van der Waals surface area contributed by atoms with Crippen molar-refractivity contribution in [2.24, 2.45) is 11.8 Å². The highest BCUT2D eigenvalue weighted by Crippen LogP contribution is 2.45. The Morgan fingerprint density at radius 1 is 0.774 bits per heavy atom. The van der Waals surface area contributed by atoms with Gasteiger partial charge in [-0.3, -0.25) is 18.1 Å². The van der Waals surface area contributed by atoms with Crippen LogP contribution in [0.5, 0.6) is 0 Å². The molecule has 0 amide bonds. The van der Waals surface area contributed by atoms with Crippen molar-refractivity contribution in [1.29, 1.82) is 0 Å². The highest BCUT2D eigenvalue weighted by Gasteiger charge is 2.29. The monoisotopic (exact) mass is 518 g/mol. The molecule has 0 radical (unpaired) electrons. The van der Waals surface area contributed by atoms with Crippen molar-refractivity contribution in [2.45, 2.75) is 38.8 Å². The first kappa shape index (κ1) is 31.2. The fourth-order valence-corrected chi connectivity index (χ4v) is 4.06. The molecule has 14 nitrogen and oxygen atoms in total. The van der Waals surface area contributed by atoms with Crippen LogP contribution in [0.4, 0.5) is 4.48 Å². The van der Waals surface area contributed by atoms with Crippen molar-refractivity contribution in [3.8, 4) is 0 Å². The molecule has 0 fully saturated rings. The zero-order valence-corrected chi connectivity index (χ0v) is 20.0. The van der Waals surface area contributed by atoms with E-state index in [0.717, 1.165) is 0 Å². The van der Waals surface area contributed by atoms with Gasteiger partial charge in [-0.25, -0.2) is 13.7 Å². The largest absolute Gasteiger partial charge is 0.472 e. The van der Waals surface area contributed by atoms with E-state index < -0.39 is 67.8 Å². The molecule has 0 aromatic heterocycles. The second kappa shape index (κ2) is 14.5. The summed E-state index contributed by atoms with van der Waals surface area (Å²) in [6, 6.07) is -0.887. The smallest absolute Gasteiger partial charge is 0.360 e. The van der Waals surface area contributed by atoms with Crippen LogP contribution in [0, 0.1) is 11.8 Å². The van der Waals surface area contributed by atoms with E-state index in [1.54, 1.807) is 14.9 Å². The van der Waals surface area contributed by atoms with Crippen molar-refractivity contribution in [1.82, 2.24) is 10.8 Å². The summed E-state index contributed by atoms with van der Waals surface area (Å²) in [5.74, 6) is -1.54. The van der Waals surface area contributed by atoms with Gasteiger partial charge in [0.2, 0.25) is 0 Å². The number of hydrogen-bond donors (Lipinski definition) is 7. The third-order valence-electron chi connectivity index (χ3n) is 3.96. The van der Waals surface area contributed by atoms with Gasteiger partial charge in [-0.05, 0) is 25.8 Å². The highest BCUT2D eigenvalue weighted by atomic mass is 31.2. The topological polar surface area (TPSA) is 213 Å². The first-order valence-corrected chi connectivity index (χ1v) is 13.7. The van der Waals surface area contributed by atoms with E-state index >= 15 is 0 Å². The Hall–Kier alpha value is 0.245. The van der Waals surface area contributed by atoms with Crippen LogP contribution in [0.25, 0.3) is 0 Å². The molecule has 31 heavy (non-hydrogen) atoms. The average Bonchev–Trinajstić information content (AvgIpc) is 2.64. The molecule has 7 N–H and O–H groups in total. The first-order chi connectivity index (χ1) is 14.1. The maximum atomic E-state index is 12.5. The predicted octanol–water partition coefficient (Wildman–Crippen LogP) is -0.260. The summed E-state index contributed by atoms with van der Waals surface area (Å²) in [6.07, 6.45) is 0.240. The summed E-state index contributed by atoms with van der Waals surface area (Å²) >= 11 is 0. The molecule has 0 aromatic rings. The van der Waals surface area contributed by atoms with E-state index in [1.807, 2.05) is 0 Å². The van der Waals surface area contributed by atoms with Crippen LogP contribution < -0.4 is 10.8 Å². The van der Waals surface area contributed by atoms with Crippen LogP contribution in [0.2, 0.25) is 0 Å². The van der Waals surface area contributed by atoms with E-state index in [0.29, 0.717) is 0 Å². The zero-order valence-electron chi connectivity index (χ0n) is 17.4. The van der Waals surface area contributed by atoms with Crippen LogP contribution in [-0.2, 0) is 31.8 Å². The quantitative estimate of drug-likeness (QED) is 0.0708.